The molecule has 1 saturated heterocycles. The van der Waals surface area contributed by atoms with Crippen molar-refractivity contribution in [1.82, 2.24) is 14.1 Å². The van der Waals surface area contributed by atoms with E-state index in [-0.39, 0.29) is 23.4 Å². The maximum absolute atomic E-state index is 12.9. The van der Waals surface area contributed by atoms with Gasteiger partial charge in [0.1, 0.15) is 4.90 Å². The van der Waals surface area contributed by atoms with Crippen molar-refractivity contribution in [2.75, 3.05) is 6.54 Å². The lowest BCUT2D eigenvalue weighted by Gasteiger charge is -2.34. The normalized spacial score (nSPS) is 20.0. The number of nitrogens with zero attached hydrogens (tertiary/aromatic N) is 3. The largest absolute Gasteiger partial charge is 0.481 e. The first-order valence-electron chi connectivity index (χ1n) is 8.10. The van der Waals surface area contributed by atoms with E-state index in [1.807, 2.05) is 13.8 Å². The first-order valence-corrected chi connectivity index (χ1v) is 9.54. The topological polar surface area (TPSA) is 92.5 Å². The Bertz CT molecular complexity index is 639. The Morgan fingerprint density at radius 1 is 1.43 bits per heavy atom. The van der Waals surface area contributed by atoms with Crippen LogP contribution in [0.3, 0.4) is 0 Å². The highest BCUT2D eigenvalue weighted by molar-refractivity contribution is 7.89. The second-order valence-electron chi connectivity index (χ2n) is 6.30. The molecule has 0 spiro atoms. The molecule has 1 unspecified atom stereocenters. The molecule has 1 aromatic rings. The third kappa shape index (κ3) is 4.32. The second kappa shape index (κ2) is 7.44. The monoisotopic (exact) mass is 343 g/mol. The van der Waals surface area contributed by atoms with Crippen molar-refractivity contribution in [3.8, 4) is 0 Å². The Balaban J connectivity index is 2.15. The van der Waals surface area contributed by atoms with Gasteiger partial charge in [0.25, 0.3) is 0 Å². The third-order valence-corrected chi connectivity index (χ3v) is 6.12. The van der Waals surface area contributed by atoms with Crippen LogP contribution in [0.25, 0.3) is 0 Å². The average molecular weight is 343 g/mol. The number of aromatic nitrogens is 2. The highest BCUT2D eigenvalue weighted by Gasteiger charge is 2.34. The number of aliphatic carboxylic acids is 1. The predicted molar refractivity (Wildman–Crippen MR) is 85.6 cm³/mol. The average Bonchev–Trinajstić information content (AvgIpc) is 2.98. The fraction of sp³-hybridized carbons (Fsp3) is 0.733. The lowest BCUT2D eigenvalue weighted by Crippen LogP contribution is -2.43. The van der Waals surface area contributed by atoms with Gasteiger partial charge in [0, 0.05) is 31.2 Å². The molecule has 0 bridgehead atoms. The molecule has 0 amide bonds. The van der Waals surface area contributed by atoms with Crippen LogP contribution in [0.1, 0.15) is 58.4 Å². The van der Waals surface area contributed by atoms with Crippen molar-refractivity contribution in [1.29, 1.82) is 0 Å². The summed E-state index contributed by atoms with van der Waals surface area (Å²) < 4.78 is 29.0. The van der Waals surface area contributed by atoms with Gasteiger partial charge in [-0.05, 0) is 39.5 Å². The fourth-order valence-corrected chi connectivity index (χ4v) is 4.60. The minimum Gasteiger partial charge on any atom is -0.481 e. The molecule has 0 radical (unpaired) electrons. The highest BCUT2D eigenvalue weighted by atomic mass is 32.2. The molecule has 1 atom stereocenters. The van der Waals surface area contributed by atoms with Crippen LogP contribution in [-0.4, -0.2) is 46.2 Å². The van der Waals surface area contributed by atoms with Crippen LogP contribution in [0, 0.1) is 0 Å². The molecule has 2 rings (SSSR count). The minimum atomic E-state index is -3.57. The van der Waals surface area contributed by atoms with Gasteiger partial charge < -0.3 is 5.11 Å². The molecule has 23 heavy (non-hydrogen) atoms. The highest BCUT2D eigenvalue weighted by Crippen LogP contribution is 2.28. The molecule has 1 fully saturated rings. The van der Waals surface area contributed by atoms with Gasteiger partial charge in [0.05, 0.1) is 6.20 Å². The molecule has 8 heteroatoms. The summed E-state index contributed by atoms with van der Waals surface area (Å²) in [7, 11) is -3.57. The Labute approximate surface area is 137 Å². The summed E-state index contributed by atoms with van der Waals surface area (Å²) in [4.78, 5) is 10.9. The minimum absolute atomic E-state index is 0.0790. The third-order valence-electron chi connectivity index (χ3n) is 4.21. The van der Waals surface area contributed by atoms with E-state index in [1.54, 1.807) is 15.2 Å². The van der Waals surface area contributed by atoms with E-state index >= 15 is 0 Å². The molecule has 7 nitrogen and oxygen atoms in total. The van der Waals surface area contributed by atoms with E-state index in [9.17, 15) is 13.2 Å². The van der Waals surface area contributed by atoms with E-state index in [0.717, 1.165) is 19.3 Å². The van der Waals surface area contributed by atoms with E-state index in [2.05, 4.69) is 5.10 Å². The van der Waals surface area contributed by atoms with Crippen LogP contribution in [0.4, 0.5) is 0 Å². The molecule has 0 aromatic carbocycles. The number of hydrogen-bond acceptors (Lipinski definition) is 4. The number of hydrogen-bond donors (Lipinski definition) is 1. The molecular formula is C15H25N3O4S. The maximum Gasteiger partial charge on any atom is 0.303 e. The Kier molecular flexibility index (Phi) is 5.80. The number of piperidine rings is 1. The van der Waals surface area contributed by atoms with Gasteiger partial charge in [-0.3, -0.25) is 9.48 Å². The number of carboxylic acids is 1. The number of rotatable bonds is 7. The summed E-state index contributed by atoms with van der Waals surface area (Å²) in [5.74, 6) is -0.839. The smallest absolute Gasteiger partial charge is 0.303 e. The van der Waals surface area contributed by atoms with E-state index in [4.69, 9.17) is 5.11 Å². The van der Waals surface area contributed by atoms with Crippen LogP contribution in [-0.2, 0) is 14.8 Å². The SMILES string of the molecule is CC(C)n1cc(S(=O)(=O)N2CCCCC2CCCC(=O)O)cn1. The molecule has 1 aliphatic heterocycles. The zero-order valence-electron chi connectivity index (χ0n) is 13.7. The van der Waals surface area contributed by atoms with Crippen LogP contribution < -0.4 is 0 Å². The standard InChI is InChI=1S/C15H25N3O4S/c1-12(2)17-11-14(10-16-17)23(21,22)18-9-4-3-6-13(18)7-5-8-15(19)20/h10-13H,3-9H2,1-2H3,(H,19,20). The van der Waals surface area contributed by atoms with Crippen LogP contribution >= 0.6 is 0 Å². The molecule has 1 aromatic heterocycles. The summed E-state index contributed by atoms with van der Waals surface area (Å²) in [5, 5.41) is 12.9. The van der Waals surface area contributed by atoms with E-state index < -0.39 is 16.0 Å². The molecule has 0 aliphatic carbocycles. The van der Waals surface area contributed by atoms with Crippen molar-refractivity contribution in [3.05, 3.63) is 12.4 Å². The molecule has 130 valence electrons. The number of carboxylic acid groups (broad SMARTS) is 1. The van der Waals surface area contributed by atoms with Crippen molar-refractivity contribution in [3.63, 3.8) is 0 Å². The zero-order valence-corrected chi connectivity index (χ0v) is 14.5. The predicted octanol–water partition coefficient (Wildman–Crippen LogP) is 2.26. The summed E-state index contributed by atoms with van der Waals surface area (Å²) in [6.07, 6.45) is 6.75. The quantitative estimate of drug-likeness (QED) is 0.820. The summed E-state index contributed by atoms with van der Waals surface area (Å²) in [6.45, 7) is 4.38. The Morgan fingerprint density at radius 2 is 2.17 bits per heavy atom. The van der Waals surface area contributed by atoms with Gasteiger partial charge in [0.15, 0.2) is 0 Å². The maximum atomic E-state index is 12.9. The van der Waals surface area contributed by atoms with Crippen molar-refractivity contribution < 1.29 is 18.3 Å². The Hall–Kier alpha value is -1.41. The zero-order chi connectivity index (χ0) is 17.0. The Morgan fingerprint density at radius 3 is 2.78 bits per heavy atom. The molecule has 2 heterocycles. The van der Waals surface area contributed by atoms with E-state index in [0.29, 0.717) is 19.4 Å². The van der Waals surface area contributed by atoms with E-state index in [1.165, 1.54) is 6.20 Å². The van der Waals surface area contributed by atoms with Crippen LogP contribution in [0.5, 0.6) is 0 Å². The van der Waals surface area contributed by atoms with Gasteiger partial charge in [-0.25, -0.2) is 8.42 Å². The van der Waals surface area contributed by atoms with Crippen LogP contribution in [0.15, 0.2) is 17.3 Å². The summed E-state index contributed by atoms with van der Waals surface area (Å²) >= 11 is 0. The fourth-order valence-electron chi connectivity index (χ4n) is 2.94. The van der Waals surface area contributed by atoms with Gasteiger partial charge in [-0.2, -0.15) is 9.40 Å². The second-order valence-corrected chi connectivity index (χ2v) is 8.19. The van der Waals surface area contributed by atoms with Gasteiger partial charge in [0.2, 0.25) is 10.0 Å². The first kappa shape index (κ1) is 17.9. The van der Waals surface area contributed by atoms with Crippen molar-refractivity contribution >= 4 is 16.0 Å². The molecule has 1 aliphatic rings. The number of sulfonamides is 1. The first-order chi connectivity index (χ1) is 10.8. The van der Waals surface area contributed by atoms with Crippen LogP contribution in [0.2, 0.25) is 0 Å². The summed E-state index contributed by atoms with van der Waals surface area (Å²) in [6, 6.07) is -0.0119. The lowest BCUT2D eigenvalue weighted by molar-refractivity contribution is -0.137. The van der Waals surface area contributed by atoms with Gasteiger partial charge >= 0.3 is 5.97 Å². The van der Waals surface area contributed by atoms with Gasteiger partial charge in [-0.15, -0.1) is 0 Å². The van der Waals surface area contributed by atoms with Gasteiger partial charge in [-0.1, -0.05) is 6.42 Å². The lowest BCUT2D eigenvalue weighted by atomic mass is 10.00. The molecule has 1 N–H and O–H groups in total. The molecular weight excluding hydrogens is 318 g/mol. The summed E-state index contributed by atoms with van der Waals surface area (Å²) in [5.41, 5.74) is 0. The molecule has 0 saturated carbocycles. The number of carbonyl (C=O) groups is 1. The van der Waals surface area contributed by atoms with Crippen molar-refractivity contribution in [2.24, 2.45) is 0 Å². The van der Waals surface area contributed by atoms with Crippen molar-refractivity contribution in [2.45, 2.75) is 69.4 Å².